The zero-order valence-electron chi connectivity index (χ0n) is 16.5. The molecule has 4 nitrogen and oxygen atoms in total. The average Bonchev–Trinajstić information content (AvgIpc) is 2.68. The van der Waals surface area contributed by atoms with E-state index in [0.29, 0.717) is 0 Å². The average molecular weight is 366 g/mol. The summed E-state index contributed by atoms with van der Waals surface area (Å²) < 4.78 is 0. The third kappa shape index (κ3) is 5.57. The lowest BCUT2D eigenvalue weighted by Crippen LogP contribution is -2.32. The van der Waals surface area contributed by atoms with Crippen LogP contribution in [0.25, 0.3) is 0 Å². The normalized spacial score (nSPS) is 16.0. The number of para-hydroxylation sites is 1. The van der Waals surface area contributed by atoms with Crippen molar-refractivity contribution in [2.24, 2.45) is 5.92 Å². The van der Waals surface area contributed by atoms with Crippen LogP contribution in [0.2, 0.25) is 0 Å². The topological polar surface area (TPSA) is 44.4 Å². The molecule has 2 N–H and O–H groups in total. The first-order valence-electron chi connectivity index (χ1n) is 10.1. The van der Waals surface area contributed by atoms with E-state index in [2.05, 4.69) is 41.5 Å². The van der Waals surface area contributed by atoms with Gasteiger partial charge in [0.2, 0.25) is 0 Å². The minimum atomic E-state index is -0.201. The van der Waals surface area contributed by atoms with Gasteiger partial charge in [-0.25, -0.2) is 4.79 Å². The molecular formula is C23H31N3O. The Balaban J connectivity index is 1.57. The van der Waals surface area contributed by atoms with Gasteiger partial charge in [-0.1, -0.05) is 38.1 Å². The number of nitrogens with one attached hydrogen (secondary N) is 2. The van der Waals surface area contributed by atoms with Crippen molar-refractivity contribution in [2.45, 2.75) is 39.5 Å². The Morgan fingerprint density at radius 3 is 2.56 bits per heavy atom. The zero-order chi connectivity index (χ0) is 19.1. The third-order valence-electron chi connectivity index (χ3n) is 5.33. The summed E-state index contributed by atoms with van der Waals surface area (Å²) in [5.74, 6) is 0.740. The van der Waals surface area contributed by atoms with Gasteiger partial charge in [-0.2, -0.15) is 0 Å². The Kier molecular flexibility index (Phi) is 6.88. The molecule has 2 amide bonds. The second kappa shape index (κ2) is 9.56. The van der Waals surface area contributed by atoms with Crippen LogP contribution in [0.15, 0.2) is 48.5 Å². The van der Waals surface area contributed by atoms with Gasteiger partial charge in [0, 0.05) is 17.9 Å². The van der Waals surface area contributed by atoms with Crippen LogP contribution < -0.4 is 10.6 Å². The molecule has 2 aromatic rings. The third-order valence-corrected chi connectivity index (χ3v) is 5.33. The van der Waals surface area contributed by atoms with Gasteiger partial charge in [0.15, 0.2) is 0 Å². The summed E-state index contributed by atoms with van der Waals surface area (Å²) in [7, 11) is 0. The fraction of sp³-hybridized carbons (Fsp3) is 0.435. The molecule has 0 aromatic heterocycles. The maximum atomic E-state index is 12.2. The molecule has 144 valence electrons. The second-order valence-corrected chi connectivity index (χ2v) is 7.43. The molecule has 0 saturated carbocycles. The van der Waals surface area contributed by atoms with Gasteiger partial charge >= 0.3 is 6.03 Å². The number of benzene rings is 2. The summed E-state index contributed by atoms with van der Waals surface area (Å²) >= 11 is 0. The molecular weight excluding hydrogens is 334 g/mol. The Hall–Kier alpha value is -2.33. The molecule has 3 rings (SSSR count). The Morgan fingerprint density at radius 2 is 1.81 bits per heavy atom. The molecule has 27 heavy (non-hydrogen) atoms. The first kappa shape index (κ1) is 19.4. The van der Waals surface area contributed by atoms with Crippen LogP contribution in [0.5, 0.6) is 0 Å². The van der Waals surface area contributed by atoms with E-state index < -0.39 is 0 Å². The lowest BCUT2D eigenvalue weighted by molar-refractivity contribution is 0.229. The number of aryl methyl sites for hydroxylation is 1. The first-order valence-corrected chi connectivity index (χ1v) is 10.1. The number of rotatable bonds is 7. The number of anilines is 2. The van der Waals surface area contributed by atoms with E-state index in [9.17, 15) is 4.79 Å². The predicted molar refractivity (Wildman–Crippen MR) is 113 cm³/mol. The van der Waals surface area contributed by atoms with Gasteiger partial charge in [0.1, 0.15) is 0 Å². The Morgan fingerprint density at radius 1 is 1.04 bits per heavy atom. The van der Waals surface area contributed by atoms with E-state index in [-0.39, 0.29) is 6.03 Å². The maximum absolute atomic E-state index is 12.2. The van der Waals surface area contributed by atoms with Crippen LogP contribution in [-0.4, -0.2) is 30.6 Å². The van der Waals surface area contributed by atoms with Crippen molar-refractivity contribution in [3.63, 3.8) is 0 Å². The fourth-order valence-corrected chi connectivity index (χ4v) is 3.94. The lowest BCUT2D eigenvalue weighted by atomic mass is 9.83. The van der Waals surface area contributed by atoms with Gasteiger partial charge in [0.05, 0.1) is 0 Å². The van der Waals surface area contributed by atoms with E-state index >= 15 is 0 Å². The largest absolute Gasteiger partial charge is 0.323 e. The first-order chi connectivity index (χ1) is 13.2. The molecule has 0 heterocycles. The number of carbonyl (C=O) groups excluding carboxylic acids is 1. The summed E-state index contributed by atoms with van der Waals surface area (Å²) in [6.45, 7) is 8.03. The number of fused-ring (bicyclic) bond motifs is 1. The standard InChI is InChI=1S/C23H31N3O/c1-3-14-26(4-2)17-18-10-11-20-16-22(13-12-19(20)15-18)25-23(27)24-21-8-6-5-7-9-21/h5-9,12-13,16,18H,3-4,10-11,14-15,17H2,1-2H3,(H2,24,25,27). The van der Waals surface area contributed by atoms with Crippen LogP contribution in [0, 0.1) is 5.92 Å². The molecule has 0 bridgehead atoms. The molecule has 2 aromatic carbocycles. The highest BCUT2D eigenvalue weighted by molar-refractivity contribution is 5.99. The zero-order valence-corrected chi connectivity index (χ0v) is 16.5. The van der Waals surface area contributed by atoms with Crippen molar-refractivity contribution in [1.29, 1.82) is 0 Å². The minimum Gasteiger partial charge on any atom is -0.308 e. The monoisotopic (exact) mass is 365 g/mol. The van der Waals surface area contributed by atoms with E-state index in [1.54, 1.807) is 0 Å². The summed E-state index contributed by atoms with van der Waals surface area (Å²) in [6, 6.07) is 15.7. The molecule has 1 atom stereocenters. The van der Waals surface area contributed by atoms with Crippen molar-refractivity contribution in [3.05, 3.63) is 59.7 Å². The van der Waals surface area contributed by atoms with Crippen molar-refractivity contribution in [3.8, 4) is 0 Å². The number of urea groups is 1. The van der Waals surface area contributed by atoms with E-state index in [4.69, 9.17) is 0 Å². The molecule has 1 unspecified atom stereocenters. The Bertz CT molecular complexity index is 745. The molecule has 0 spiro atoms. The number of hydrogen-bond acceptors (Lipinski definition) is 2. The summed E-state index contributed by atoms with van der Waals surface area (Å²) in [4.78, 5) is 14.8. The van der Waals surface area contributed by atoms with Crippen molar-refractivity contribution < 1.29 is 4.79 Å². The van der Waals surface area contributed by atoms with E-state index in [0.717, 1.165) is 36.7 Å². The maximum Gasteiger partial charge on any atom is 0.323 e. The van der Waals surface area contributed by atoms with E-state index in [1.165, 1.54) is 37.1 Å². The lowest BCUT2D eigenvalue weighted by Gasteiger charge is -2.30. The molecule has 0 aliphatic heterocycles. The fourth-order valence-electron chi connectivity index (χ4n) is 3.94. The number of nitrogens with zero attached hydrogens (tertiary/aromatic N) is 1. The molecule has 1 aliphatic carbocycles. The summed E-state index contributed by atoms with van der Waals surface area (Å²) in [5.41, 5.74) is 4.47. The summed E-state index contributed by atoms with van der Waals surface area (Å²) in [5, 5.41) is 5.81. The SMILES string of the molecule is CCCN(CC)CC1CCc2cc(NC(=O)Nc3ccccc3)ccc2C1. The van der Waals surface area contributed by atoms with Crippen LogP contribution in [0.4, 0.5) is 16.2 Å². The highest BCUT2D eigenvalue weighted by Crippen LogP contribution is 2.28. The number of carbonyl (C=O) groups is 1. The van der Waals surface area contributed by atoms with Gasteiger partial charge in [0.25, 0.3) is 0 Å². The Labute approximate surface area is 163 Å². The molecule has 1 aliphatic rings. The van der Waals surface area contributed by atoms with Crippen molar-refractivity contribution in [1.82, 2.24) is 4.90 Å². The minimum absolute atomic E-state index is 0.201. The van der Waals surface area contributed by atoms with Gasteiger partial charge in [-0.15, -0.1) is 0 Å². The van der Waals surface area contributed by atoms with Gasteiger partial charge < -0.3 is 15.5 Å². The molecule has 0 radical (unpaired) electrons. The van der Waals surface area contributed by atoms with Gasteiger partial charge in [-0.05, 0) is 80.1 Å². The highest BCUT2D eigenvalue weighted by Gasteiger charge is 2.21. The van der Waals surface area contributed by atoms with Crippen LogP contribution in [-0.2, 0) is 12.8 Å². The number of amides is 2. The number of hydrogen-bond donors (Lipinski definition) is 2. The second-order valence-electron chi connectivity index (χ2n) is 7.43. The smallest absolute Gasteiger partial charge is 0.308 e. The molecule has 4 heteroatoms. The van der Waals surface area contributed by atoms with Crippen molar-refractivity contribution in [2.75, 3.05) is 30.3 Å². The molecule has 0 saturated heterocycles. The van der Waals surface area contributed by atoms with Gasteiger partial charge in [-0.3, -0.25) is 0 Å². The van der Waals surface area contributed by atoms with Crippen LogP contribution in [0.1, 0.15) is 37.8 Å². The molecule has 0 fully saturated rings. The van der Waals surface area contributed by atoms with Crippen LogP contribution in [0.3, 0.4) is 0 Å². The van der Waals surface area contributed by atoms with E-state index in [1.807, 2.05) is 36.4 Å². The predicted octanol–water partition coefficient (Wildman–Crippen LogP) is 5.17. The van der Waals surface area contributed by atoms with Crippen LogP contribution >= 0.6 is 0 Å². The van der Waals surface area contributed by atoms with Crippen molar-refractivity contribution >= 4 is 17.4 Å². The quantitative estimate of drug-likeness (QED) is 0.711. The summed E-state index contributed by atoms with van der Waals surface area (Å²) in [6.07, 6.45) is 4.69. The highest BCUT2D eigenvalue weighted by atomic mass is 16.2.